The first-order valence-corrected chi connectivity index (χ1v) is 6.92. The molecule has 3 rings (SSSR count). The number of hydrogen-bond acceptors (Lipinski definition) is 3. The molecule has 4 nitrogen and oxygen atoms in total. The van der Waals surface area contributed by atoms with Gasteiger partial charge in [0.25, 0.3) is 0 Å². The van der Waals surface area contributed by atoms with E-state index >= 15 is 0 Å². The summed E-state index contributed by atoms with van der Waals surface area (Å²) in [4.78, 5) is 14.1. The molecule has 0 saturated carbocycles. The molecule has 2 atom stereocenters. The maximum Gasteiger partial charge on any atom is 0.233 e. The van der Waals surface area contributed by atoms with Crippen LogP contribution in [0.15, 0.2) is 35.0 Å². The molecule has 0 radical (unpaired) electrons. The molecule has 0 bridgehead atoms. The van der Waals surface area contributed by atoms with Gasteiger partial charge in [-0.25, -0.2) is 0 Å². The number of rotatable bonds is 3. The zero-order valence-corrected chi connectivity index (χ0v) is 12.1. The van der Waals surface area contributed by atoms with Gasteiger partial charge in [-0.05, 0) is 39.7 Å². The van der Waals surface area contributed by atoms with Gasteiger partial charge in [0.2, 0.25) is 5.91 Å². The van der Waals surface area contributed by atoms with Gasteiger partial charge < -0.3 is 14.4 Å². The molecule has 0 aliphatic carbocycles. The standard InChI is InChI=1S/C14H14BrNO3/c1-18-10-4-2-9(3-5-10)7-16-8-12-11(14(16)17)6-13(15)19-12/h2-6,11-12H,7-8H2,1H3. The van der Waals surface area contributed by atoms with E-state index in [0.29, 0.717) is 17.8 Å². The van der Waals surface area contributed by atoms with Crippen molar-refractivity contribution in [1.82, 2.24) is 4.90 Å². The van der Waals surface area contributed by atoms with Crippen LogP contribution in [0.4, 0.5) is 0 Å². The van der Waals surface area contributed by atoms with Gasteiger partial charge >= 0.3 is 0 Å². The lowest BCUT2D eigenvalue weighted by Gasteiger charge is -2.17. The van der Waals surface area contributed by atoms with E-state index in [1.54, 1.807) is 7.11 Å². The van der Waals surface area contributed by atoms with Crippen LogP contribution < -0.4 is 4.74 Å². The molecule has 0 N–H and O–H groups in total. The lowest BCUT2D eigenvalue weighted by molar-refractivity contribution is -0.130. The van der Waals surface area contributed by atoms with Crippen LogP contribution in [0.25, 0.3) is 0 Å². The minimum atomic E-state index is -0.132. The first-order chi connectivity index (χ1) is 9.17. The van der Waals surface area contributed by atoms with E-state index in [1.165, 1.54) is 0 Å². The van der Waals surface area contributed by atoms with E-state index in [2.05, 4.69) is 15.9 Å². The van der Waals surface area contributed by atoms with Crippen molar-refractivity contribution in [3.05, 3.63) is 40.6 Å². The van der Waals surface area contributed by atoms with E-state index in [9.17, 15) is 4.79 Å². The van der Waals surface area contributed by atoms with Gasteiger partial charge in [-0.3, -0.25) is 4.79 Å². The Bertz CT molecular complexity index is 526. The van der Waals surface area contributed by atoms with Crippen LogP contribution in [0.2, 0.25) is 0 Å². The number of ether oxygens (including phenoxy) is 2. The van der Waals surface area contributed by atoms with E-state index in [4.69, 9.17) is 9.47 Å². The van der Waals surface area contributed by atoms with E-state index < -0.39 is 0 Å². The fourth-order valence-electron chi connectivity index (χ4n) is 2.50. The van der Waals surface area contributed by atoms with Crippen LogP contribution in [0.5, 0.6) is 5.75 Å². The fourth-order valence-corrected chi connectivity index (χ4v) is 3.02. The summed E-state index contributed by atoms with van der Waals surface area (Å²) in [5.74, 6) is 0.825. The van der Waals surface area contributed by atoms with Crippen molar-refractivity contribution >= 4 is 21.8 Å². The molecule has 1 aromatic carbocycles. The van der Waals surface area contributed by atoms with Crippen LogP contribution in [-0.4, -0.2) is 30.6 Å². The number of fused-ring (bicyclic) bond motifs is 1. The number of carbonyl (C=O) groups is 1. The number of halogens is 1. The monoisotopic (exact) mass is 323 g/mol. The Hall–Kier alpha value is -1.49. The van der Waals surface area contributed by atoms with Crippen LogP contribution in [0.3, 0.4) is 0 Å². The molecular formula is C14H14BrNO3. The number of likely N-dealkylation sites (tertiary alicyclic amines) is 1. The first-order valence-electron chi connectivity index (χ1n) is 6.13. The van der Waals surface area contributed by atoms with Crippen molar-refractivity contribution in [3.63, 3.8) is 0 Å². The molecule has 19 heavy (non-hydrogen) atoms. The number of benzene rings is 1. The van der Waals surface area contributed by atoms with Crippen molar-refractivity contribution in [2.24, 2.45) is 5.92 Å². The summed E-state index contributed by atoms with van der Waals surface area (Å²) in [6, 6.07) is 7.77. The van der Waals surface area contributed by atoms with Crippen LogP contribution in [0.1, 0.15) is 5.56 Å². The average Bonchev–Trinajstić information content (AvgIpc) is 2.90. The summed E-state index contributed by atoms with van der Waals surface area (Å²) in [6.45, 7) is 1.26. The normalized spacial score (nSPS) is 25.1. The summed E-state index contributed by atoms with van der Waals surface area (Å²) >= 11 is 3.28. The molecule has 5 heteroatoms. The summed E-state index contributed by atoms with van der Waals surface area (Å²) in [7, 11) is 1.64. The number of amides is 1. The molecule has 0 aromatic heterocycles. The zero-order valence-electron chi connectivity index (χ0n) is 10.5. The molecule has 2 heterocycles. The highest BCUT2D eigenvalue weighted by Crippen LogP contribution is 2.34. The molecule has 2 aliphatic rings. The predicted molar refractivity (Wildman–Crippen MR) is 73.8 cm³/mol. The Kier molecular flexibility index (Phi) is 3.22. The number of methoxy groups -OCH3 is 1. The van der Waals surface area contributed by atoms with Crippen LogP contribution in [-0.2, 0) is 16.1 Å². The smallest absolute Gasteiger partial charge is 0.233 e. The maximum atomic E-state index is 12.2. The number of carbonyl (C=O) groups excluding carboxylic acids is 1. The minimum absolute atomic E-state index is 0.0416. The highest BCUT2D eigenvalue weighted by Gasteiger charge is 2.44. The molecule has 0 spiro atoms. The second-order valence-electron chi connectivity index (χ2n) is 4.72. The van der Waals surface area contributed by atoms with E-state index in [-0.39, 0.29) is 17.9 Å². The second kappa shape index (κ2) is 4.89. The van der Waals surface area contributed by atoms with Crippen LogP contribution in [0, 0.1) is 5.92 Å². The molecule has 2 unspecified atom stereocenters. The van der Waals surface area contributed by atoms with Crippen molar-refractivity contribution in [1.29, 1.82) is 0 Å². The highest BCUT2D eigenvalue weighted by molar-refractivity contribution is 9.11. The summed E-state index contributed by atoms with van der Waals surface area (Å²) in [6.07, 6.45) is 1.81. The number of hydrogen-bond donors (Lipinski definition) is 0. The Morgan fingerprint density at radius 3 is 2.79 bits per heavy atom. The predicted octanol–water partition coefficient (Wildman–Crippen LogP) is 2.29. The zero-order chi connectivity index (χ0) is 13.4. The Morgan fingerprint density at radius 2 is 2.16 bits per heavy atom. The van der Waals surface area contributed by atoms with Crippen molar-refractivity contribution in [3.8, 4) is 5.75 Å². The summed E-state index contributed by atoms with van der Waals surface area (Å²) in [5.41, 5.74) is 1.09. The first kappa shape index (κ1) is 12.5. The summed E-state index contributed by atoms with van der Waals surface area (Å²) in [5, 5.41) is 0. The molecule has 1 amide bonds. The van der Waals surface area contributed by atoms with Gasteiger partial charge in [0.15, 0.2) is 4.67 Å². The molecule has 1 aromatic rings. The molecule has 1 fully saturated rings. The Morgan fingerprint density at radius 1 is 1.42 bits per heavy atom. The molecule has 2 aliphatic heterocycles. The van der Waals surface area contributed by atoms with Gasteiger partial charge in [0.1, 0.15) is 11.9 Å². The van der Waals surface area contributed by atoms with E-state index in [1.807, 2.05) is 35.2 Å². The molecule has 100 valence electrons. The van der Waals surface area contributed by atoms with Crippen LogP contribution >= 0.6 is 15.9 Å². The Balaban J connectivity index is 1.69. The minimum Gasteiger partial charge on any atom is -0.497 e. The summed E-state index contributed by atoms with van der Waals surface area (Å²) < 4.78 is 11.4. The second-order valence-corrected chi connectivity index (χ2v) is 5.50. The molecular weight excluding hydrogens is 310 g/mol. The van der Waals surface area contributed by atoms with Gasteiger partial charge in [0, 0.05) is 6.54 Å². The maximum absolute atomic E-state index is 12.2. The lowest BCUT2D eigenvalue weighted by Crippen LogP contribution is -2.26. The van der Waals surface area contributed by atoms with Gasteiger partial charge in [-0.15, -0.1) is 0 Å². The van der Waals surface area contributed by atoms with E-state index in [0.717, 1.165) is 11.3 Å². The van der Waals surface area contributed by atoms with Crippen molar-refractivity contribution in [2.45, 2.75) is 12.6 Å². The highest BCUT2D eigenvalue weighted by atomic mass is 79.9. The largest absolute Gasteiger partial charge is 0.497 e. The lowest BCUT2D eigenvalue weighted by atomic mass is 10.1. The molecule has 1 saturated heterocycles. The topological polar surface area (TPSA) is 38.8 Å². The third-order valence-corrected chi connectivity index (χ3v) is 3.96. The van der Waals surface area contributed by atoms with Crippen molar-refractivity contribution < 1.29 is 14.3 Å². The van der Waals surface area contributed by atoms with Gasteiger partial charge in [-0.2, -0.15) is 0 Å². The fraction of sp³-hybridized carbons (Fsp3) is 0.357. The quantitative estimate of drug-likeness (QED) is 0.856. The van der Waals surface area contributed by atoms with Crippen molar-refractivity contribution in [2.75, 3.05) is 13.7 Å². The third kappa shape index (κ3) is 2.34. The average molecular weight is 324 g/mol. The Labute approximate surface area is 120 Å². The number of nitrogens with zero attached hydrogens (tertiary/aromatic N) is 1. The third-order valence-electron chi connectivity index (χ3n) is 3.50. The van der Waals surface area contributed by atoms with Gasteiger partial charge in [0.05, 0.1) is 19.6 Å². The van der Waals surface area contributed by atoms with Gasteiger partial charge in [-0.1, -0.05) is 12.1 Å². The SMILES string of the molecule is COc1ccc(CN2CC3OC(Br)=CC3C2=O)cc1.